The van der Waals surface area contributed by atoms with Crippen LogP contribution in [0.5, 0.6) is 23.0 Å². The van der Waals surface area contributed by atoms with Crippen molar-refractivity contribution in [3.05, 3.63) is 106 Å². The molecule has 4 heterocycles. The molecule has 0 spiro atoms. The number of nitrogens with zero attached hydrogens (tertiary/aromatic N) is 4. The molecule has 2 N–H and O–H groups in total. The van der Waals surface area contributed by atoms with Crippen molar-refractivity contribution in [1.29, 1.82) is 10.5 Å². The summed E-state index contributed by atoms with van der Waals surface area (Å²) in [4.78, 5) is 17.4. The fraction of sp³-hybridized carbons (Fsp3) is 0.333. The molecule has 4 aromatic carbocycles. The largest absolute Gasteiger partial charge is 0.497 e. The van der Waals surface area contributed by atoms with Gasteiger partial charge in [-0.15, -0.1) is 22.7 Å². The van der Waals surface area contributed by atoms with Crippen LogP contribution in [0.15, 0.2) is 84.9 Å². The number of aromatic nitrogens is 4. The number of nitrogens with one attached hydrogen (secondary N) is 2. The number of ether oxygens (including phenoxy) is 4. The Balaban J connectivity index is 1.36. The molecule has 8 rings (SSSR count). The van der Waals surface area contributed by atoms with E-state index in [0.29, 0.717) is 43.4 Å². The van der Waals surface area contributed by atoms with Gasteiger partial charge < -0.3 is 28.9 Å². The number of rotatable bonds is 20. The van der Waals surface area contributed by atoms with E-state index in [1.807, 2.05) is 84.9 Å². The Bertz CT molecular complexity index is 2950. The second-order valence-electron chi connectivity index (χ2n) is 16.8. The highest BCUT2D eigenvalue weighted by molar-refractivity contribution is 7.20. The van der Waals surface area contributed by atoms with Crippen molar-refractivity contribution in [3.8, 4) is 57.7 Å². The SMILES string of the molecule is CCCCCCC(C)Oc1ccc(-c2[nH]/c(=C(/C#N)c3nc4cc(OC)ccc4s3)c3c(-c4ccc(OC(C)CCCCCC)cc4)[nH]/c(=C(/C#N)c4nc5cc(OC)ccc5s4)c23)cc1. The molecule has 0 fully saturated rings. The van der Waals surface area contributed by atoms with Crippen molar-refractivity contribution < 1.29 is 18.9 Å². The zero-order valence-electron chi connectivity index (χ0n) is 38.5. The summed E-state index contributed by atoms with van der Waals surface area (Å²) in [7, 11) is 3.26. The van der Waals surface area contributed by atoms with Crippen LogP contribution in [0.2, 0.25) is 0 Å². The van der Waals surface area contributed by atoms with Gasteiger partial charge in [-0.05, 0) is 123 Å². The van der Waals surface area contributed by atoms with E-state index >= 15 is 0 Å². The van der Waals surface area contributed by atoms with Gasteiger partial charge in [0.1, 0.15) is 56.3 Å². The molecule has 338 valence electrons. The van der Waals surface area contributed by atoms with Crippen molar-refractivity contribution in [2.24, 2.45) is 0 Å². The number of thiazole rings is 2. The first-order valence-electron chi connectivity index (χ1n) is 23.0. The number of hydrogen-bond acceptors (Lipinski definition) is 10. The van der Waals surface area contributed by atoms with Crippen molar-refractivity contribution in [2.75, 3.05) is 14.2 Å². The summed E-state index contributed by atoms with van der Waals surface area (Å²) in [5.41, 5.74) is 5.40. The molecular weight excluding hydrogens is 861 g/mol. The number of H-pyrrole nitrogens is 2. The maximum Gasteiger partial charge on any atom is 0.137 e. The van der Waals surface area contributed by atoms with E-state index in [2.05, 4.69) is 49.8 Å². The highest BCUT2D eigenvalue weighted by Gasteiger charge is 2.24. The van der Waals surface area contributed by atoms with Crippen LogP contribution >= 0.6 is 22.7 Å². The minimum Gasteiger partial charge on any atom is -0.497 e. The zero-order chi connectivity index (χ0) is 46.2. The Hall–Kier alpha value is -6.60. The number of unbranched alkanes of at least 4 members (excludes halogenated alkanes) is 6. The van der Waals surface area contributed by atoms with Crippen molar-refractivity contribution in [1.82, 2.24) is 19.9 Å². The van der Waals surface area contributed by atoms with E-state index in [1.165, 1.54) is 61.2 Å². The second kappa shape index (κ2) is 21.1. The van der Waals surface area contributed by atoms with E-state index in [-0.39, 0.29) is 12.2 Å². The summed E-state index contributed by atoms with van der Waals surface area (Å²) in [5.74, 6) is 2.93. The highest BCUT2D eigenvalue weighted by atomic mass is 32.1. The van der Waals surface area contributed by atoms with Gasteiger partial charge in [-0.25, -0.2) is 9.97 Å². The van der Waals surface area contributed by atoms with Crippen LogP contribution in [0.3, 0.4) is 0 Å². The Morgan fingerprint density at radius 1 is 0.561 bits per heavy atom. The summed E-state index contributed by atoms with van der Waals surface area (Å²) in [6, 6.07) is 32.7. The van der Waals surface area contributed by atoms with E-state index in [1.54, 1.807) is 14.2 Å². The first kappa shape index (κ1) is 45.9. The minimum atomic E-state index is 0.0734. The van der Waals surface area contributed by atoms with Gasteiger partial charge in [-0.2, -0.15) is 10.5 Å². The lowest BCUT2D eigenvalue weighted by Gasteiger charge is -2.15. The molecule has 0 amide bonds. The third-order valence-electron chi connectivity index (χ3n) is 12.0. The fourth-order valence-corrected chi connectivity index (χ4v) is 10.4. The molecule has 0 saturated carbocycles. The summed E-state index contributed by atoms with van der Waals surface area (Å²) < 4.78 is 25.7. The number of benzene rings is 4. The van der Waals surface area contributed by atoms with E-state index in [4.69, 9.17) is 28.9 Å². The number of methoxy groups -OCH3 is 2. The molecule has 4 aromatic heterocycles. The van der Waals surface area contributed by atoms with Gasteiger partial charge in [0.25, 0.3) is 0 Å². The third-order valence-corrected chi connectivity index (χ3v) is 14.1. The van der Waals surface area contributed by atoms with Crippen molar-refractivity contribution in [3.63, 3.8) is 0 Å². The normalized spacial score (nSPS) is 13.3. The second-order valence-corrected chi connectivity index (χ2v) is 18.8. The van der Waals surface area contributed by atoms with Gasteiger partial charge in [-0.1, -0.05) is 52.4 Å². The molecule has 2 atom stereocenters. The quantitative estimate of drug-likeness (QED) is 0.0720. The molecule has 0 bridgehead atoms. The van der Waals surface area contributed by atoms with Gasteiger partial charge in [0.05, 0.1) is 68.9 Å². The van der Waals surface area contributed by atoms with Crippen LogP contribution in [0.4, 0.5) is 0 Å². The van der Waals surface area contributed by atoms with Crippen LogP contribution in [-0.4, -0.2) is 46.4 Å². The summed E-state index contributed by atoms with van der Waals surface area (Å²) in [5, 5.41) is 26.1. The molecule has 12 heteroatoms. The third kappa shape index (κ3) is 9.96. The van der Waals surface area contributed by atoms with Gasteiger partial charge in [0.2, 0.25) is 0 Å². The van der Waals surface area contributed by atoms with Crippen LogP contribution in [0.25, 0.3) is 64.9 Å². The van der Waals surface area contributed by atoms with Gasteiger partial charge >= 0.3 is 0 Å². The molecule has 0 radical (unpaired) electrons. The van der Waals surface area contributed by atoms with E-state index < -0.39 is 0 Å². The first-order chi connectivity index (χ1) is 32.2. The summed E-state index contributed by atoms with van der Waals surface area (Å²) in [6.07, 6.45) is 11.6. The van der Waals surface area contributed by atoms with Crippen LogP contribution in [0.1, 0.15) is 102 Å². The van der Waals surface area contributed by atoms with E-state index in [9.17, 15) is 10.5 Å². The molecule has 10 nitrogen and oxygen atoms in total. The number of aromatic amines is 2. The Morgan fingerprint density at radius 2 is 0.955 bits per heavy atom. The average Bonchev–Trinajstić information content (AvgIpc) is 4.13. The lowest BCUT2D eigenvalue weighted by atomic mass is 10.0. The molecule has 0 aliphatic rings. The van der Waals surface area contributed by atoms with E-state index in [0.717, 1.165) is 90.9 Å². The number of nitriles is 2. The standard InChI is InChI=1S/C54H56N6O4S2/c1-7-9-11-13-15-33(3)63-37-21-17-35(18-22-37)49-47-48(52(59-49)42(32-56)54-58-44-30-40(62-6)26-28-46(44)66-54)50(36-19-23-38(24-20-36)64-34(4)16-14-12-10-8-2)60-51(47)41(31-55)53-57-43-29-39(61-5)25-27-45(43)65-53/h17-30,33-34,59-60H,7-16H2,1-6H3/b51-41-,52-42-. The summed E-state index contributed by atoms with van der Waals surface area (Å²) >= 11 is 2.89. The van der Waals surface area contributed by atoms with Gasteiger partial charge in [0, 0.05) is 22.9 Å². The van der Waals surface area contributed by atoms with Crippen LogP contribution in [0, 0.1) is 22.7 Å². The monoisotopic (exact) mass is 916 g/mol. The zero-order valence-corrected chi connectivity index (χ0v) is 40.2. The molecule has 0 aliphatic heterocycles. The predicted octanol–water partition coefficient (Wildman–Crippen LogP) is 13.0. The van der Waals surface area contributed by atoms with Gasteiger partial charge in [-0.3, -0.25) is 0 Å². The molecule has 8 aromatic rings. The molecule has 0 saturated heterocycles. The predicted molar refractivity (Wildman–Crippen MR) is 269 cm³/mol. The van der Waals surface area contributed by atoms with Crippen LogP contribution in [-0.2, 0) is 0 Å². The Morgan fingerprint density at radius 3 is 1.32 bits per heavy atom. The molecule has 66 heavy (non-hydrogen) atoms. The maximum absolute atomic E-state index is 11.2. The highest BCUT2D eigenvalue weighted by Crippen LogP contribution is 2.36. The average molecular weight is 917 g/mol. The minimum absolute atomic E-state index is 0.0734. The number of hydrogen-bond donors (Lipinski definition) is 2. The first-order valence-corrected chi connectivity index (χ1v) is 24.6. The number of fused-ring (bicyclic) bond motifs is 3. The summed E-state index contributed by atoms with van der Waals surface area (Å²) in [6.45, 7) is 8.69. The lowest BCUT2D eigenvalue weighted by molar-refractivity contribution is 0.206. The topological polar surface area (TPSA) is 142 Å². The van der Waals surface area contributed by atoms with Crippen LogP contribution < -0.4 is 29.6 Å². The Labute approximate surface area is 394 Å². The Kier molecular flexibility index (Phi) is 14.7. The lowest BCUT2D eigenvalue weighted by Crippen LogP contribution is -2.12. The maximum atomic E-state index is 11.2. The molecular formula is C54H56N6O4S2. The fourth-order valence-electron chi connectivity index (χ4n) is 8.46. The molecule has 0 aliphatic carbocycles. The smallest absolute Gasteiger partial charge is 0.137 e. The van der Waals surface area contributed by atoms with Gasteiger partial charge in [0.15, 0.2) is 0 Å². The molecule has 2 unspecified atom stereocenters. The van der Waals surface area contributed by atoms with Crippen molar-refractivity contribution in [2.45, 2.75) is 104 Å². The van der Waals surface area contributed by atoms with Crippen molar-refractivity contribution >= 4 is 65.0 Å².